The molecule has 1 aromatic rings. The Kier molecular flexibility index (Phi) is 2.89. The van der Waals surface area contributed by atoms with Crippen molar-refractivity contribution in [3.8, 4) is 5.88 Å². The molecule has 0 fully saturated rings. The first-order chi connectivity index (χ1) is 6.29. The first-order valence-corrected chi connectivity index (χ1v) is 4.24. The SMILES string of the molecule is Cc1c(Br)cc(OC(F)(F)F)[nH]c1=O. The second kappa shape index (κ2) is 3.64. The number of alkyl halides is 3. The van der Waals surface area contributed by atoms with E-state index in [1.165, 1.54) is 6.92 Å². The summed E-state index contributed by atoms with van der Waals surface area (Å²) in [4.78, 5) is 13.0. The van der Waals surface area contributed by atoms with Crippen LogP contribution in [0.15, 0.2) is 15.3 Å². The molecule has 0 spiro atoms. The maximum atomic E-state index is 11.7. The Morgan fingerprint density at radius 3 is 2.50 bits per heavy atom. The van der Waals surface area contributed by atoms with Crippen LogP contribution in [0.4, 0.5) is 13.2 Å². The van der Waals surface area contributed by atoms with Gasteiger partial charge in [0.1, 0.15) is 0 Å². The Bertz CT molecular complexity index is 399. The summed E-state index contributed by atoms with van der Waals surface area (Å²) in [6, 6.07) is 1.05. The van der Waals surface area contributed by atoms with Crippen molar-refractivity contribution in [1.82, 2.24) is 4.98 Å². The largest absolute Gasteiger partial charge is 0.574 e. The zero-order chi connectivity index (χ0) is 10.9. The lowest BCUT2D eigenvalue weighted by Gasteiger charge is -2.08. The molecule has 1 rings (SSSR count). The molecule has 0 aliphatic heterocycles. The van der Waals surface area contributed by atoms with Gasteiger partial charge >= 0.3 is 6.36 Å². The summed E-state index contributed by atoms with van der Waals surface area (Å²) in [5.41, 5.74) is -0.335. The maximum absolute atomic E-state index is 11.7. The average Bonchev–Trinajstić information content (AvgIpc) is 1.96. The van der Waals surface area contributed by atoms with Crippen molar-refractivity contribution in [2.45, 2.75) is 13.3 Å². The molecule has 1 heterocycles. The van der Waals surface area contributed by atoms with Crippen molar-refractivity contribution in [3.05, 3.63) is 26.5 Å². The van der Waals surface area contributed by atoms with E-state index < -0.39 is 17.8 Å². The van der Waals surface area contributed by atoms with Gasteiger partial charge in [0.25, 0.3) is 5.56 Å². The lowest BCUT2D eigenvalue weighted by Crippen LogP contribution is -2.21. The molecular formula is C7H5BrF3NO2. The minimum Gasteiger partial charge on any atom is -0.390 e. The summed E-state index contributed by atoms with van der Waals surface area (Å²) >= 11 is 2.94. The number of ether oxygens (including phenoxy) is 1. The Hall–Kier alpha value is -0.980. The molecular weight excluding hydrogens is 267 g/mol. The number of hydrogen-bond acceptors (Lipinski definition) is 2. The molecule has 0 amide bonds. The number of nitrogens with one attached hydrogen (secondary N) is 1. The third-order valence-electron chi connectivity index (χ3n) is 1.42. The Balaban J connectivity index is 3.08. The summed E-state index contributed by atoms with van der Waals surface area (Å²) in [7, 11) is 0. The molecule has 0 atom stereocenters. The highest BCUT2D eigenvalue weighted by molar-refractivity contribution is 9.10. The van der Waals surface area contributed by atoms with Crippen LogP contribution in [0.5, 0.6) is 5.88 Å². The second-order valence-electron chi connectivity index (χ2n) is 2.48. The van der Waals surface area contributed by atoms with E-state index in [0.717, 1.165) is 6.07 Å². The maximum Gasteiger partial charge on any atom is 0.574 e. The average molecular weight is 272 g/mol. The smallest absolute Gasteiger partial charge is 0.390 e. The summed E-state index contributed by atoms with van der Waals surface area (Å²) in [5.74, 6) is -0.639. The zero-order valence-electron chi connectivity index (χ0n) is 6.91. The van der Waals surface area contributed by atoms with E-state index in [1.807, 2.05) is 4.98 Å². The van der Waals surface area contributed by atoms with E-state index in [0.29, 0.717) is 5.56 Å². The summed E-state index contributed by atoms with van der Waals surface area (Å²) in [6.45, 7) is 1.47. The lowest BCUT2D eigenvalue weighted by molar-refractivity contribution is -0.276. The van der Waals surface area contributed by atoms with E-state index in [9.17, 15) is 18.0 Å². The Morgan fingerprint density at radius 1 is 1.50 bits per heavy atom. The fraction of sp³-hybridized carbons (Fsp3) is 0.286. The summed E-state index contributed by atoms with van der Waals surface area (Å²) in [5, 5.41) is 0. The Morgan fingerprint density at radius 2 is 2.07 bits per heavy atom. The molecule has 0 aromatic carbocycles. The van der Waals surface area contributed by atoms with Gasteiger partial charge in [-0.05, 0) is 6.92 Å². The number of aromatic nitrogens is 1. The third kappa shape index (κ3) is 2.76. The fourth-order valence-corrected chi connectivity index (χ4v) is 1.14. The van der Waals surface area contributed by atoms with E-state index >= 15 is 0 Å². The number of rotatable bonds is 1. The second-order valence-corrected chi connectivity index (χ2v) is 3.34. The van der Waals surface area contributed by atoms with Gasteiger partial charge in [-0.1, -0.05) is 15.9 Å². The van der Waals surface area contributed by atoms with Gasteiger partial charge in [-0.15, -0.1) is 13.2 Å². The topological polar surface area (TPSA) is 42.1 Å². The molecule has 1 aromatic heterocycles. The zero-order valence-corrected chi connectivity index (χ0v) is 8.49. The highest BCUT2D eigenvalue weighted by Crippen LogP contribution is 2.23. The van der Waals surface area contributed by atoms with Crippen LogP contribution in [0.25, 0.3) is 0 Å². The molecule has 7 heteroatoms. The first kappa shape index (κ1) is 11.1. The highest BCUT2D eigenvalue weighted by atomic mass is 79.9. The number of pyridine rings is 1. The fourth-order valence-electron chi connectivity index (χ4n) is 0.753. The first-order valence-electron chi connectivity index (χ1n) is 3.45. The van der Waals surface area contributed by atoms with Gasteiger partial charge in [-0.25, -0.2) is 0 Å². The molecule has 0 aliphatic carbocycles. The van der Waals surface area contributed by atoms with Crippen molar-refractivity contribution < 1.29 is 17.9 Å². The molecule has 0 radical (unpaired) electrons. The van der Waals surface area contributed by atoms with Crippen LogP contribution in [-0.2, 0) is 0 Å². The van der Waals surface area contributed by atoms with Crippen LogP contribution in [0.2, 0.25) is 0 Å². The highest BCUT2D eigenvalue weighted by Gasteiger charge is 2.31. The van der Waals surface area contributed by atoms with Crippen LogP contribution in [0, 0.1) is 6.92 Å². The molecule has 0 aliphatic rings. The molecule has 78 valence electrons. The monoisotopic (exact) mass is 271 g/mol. The van der Waals surface area contributed by atoms with Crippen molar-refractivity contribution in [3.63, 3.8) is 0 Å². The molecule has 14 heavy (non-hydrogen) atoms. The van der Waals surface area contributed by atoms with Crippen LogP contribution in [-0.4, -0.2) is 11.3 Å². The number of hydrogen-bond donors (Lipinski definition) is 1. The van der Waals surface area contributed by atoms with Crippen LogP contribution in [0.3, 0.4) is 0 Å². The van der Waals surface area contributed by atoms with Crippen LogP contribution < -0.4 is 10.3 Å². The molecule has 0 bridgehead atoms. The van der Waals surface area contributed by atoms with Crippen LogP contribution >= 0.6 is 15.9 Å². The third-order valence-corrected chi connectivity index (χ3v) is 2.24. The van der Waals surface area contributed by atoms with Gasteiger partial charge in [0.2, 0.25) is 5.88 Å². The summed E-state index contributed by atoms with van der Waals surface area (Å²) in [6.07, 6.45) is -4.81. The van der Waals surface area contributed by atoms with Gasteiger partial charge < -0.3 is 4.74 Å². The molecule has 0 unspecified atom stereocenters. The van der Waals surface area contributed by atoms with Crippen LogP contribution in [0.1, 0.15) is 5.56 Å². The predicted molar refractivity (Wildman–Crippen MR) is 46.2 cm³/mol. The number of H-pyrrole nitrogens is 1. The van der Waals surface area contributed by atoms with E-state index in [2.05, 4.69) is 20.7 Å². The van der Waals surface area contributed by atoms with Crippen molar-refractivity contribution in [2.75, 3.05) is 0 Å². The lowest BCUT2D eigenvalue weighted by atomic mass is 10.3. The molecule has 0 saturated carbocycles. The molecule has 0 saturated heterocycles. The van der Waals surface area contributed by atoms with E-state index in [-0.39, 0.29) is 4.47 Å². The minimum atomic E-state index is -4.81. The van der Waals surface area contributed by atoms with E-state index in [1.54, 1.807) is 0 Å². The van der Waals surface area contributed by atoms with Crippen molar-refractivity contribution >= 4 is 15.9 Å². The van der Waals surface area contributed by atoms with Gasteiger partial charge in [0, 0.05) is 16.1 Å². The molecule has 1 N–H and O–H groups in total. The van der Waals surface area contributed by atoms with Gasteiger partial charge in [-0.2, -0.15) is 0 Å². The minimum absolute atomic E-state index is 0.264. The van der Waals surface area contributed by atoms with Crippen molar-refractivity contribution in [1.29, 1.82) is 0 Å². The standard InChI is InChI=1S/C7H5BrF3NO2/c1-3-4(8)2-5(12-6(3)13)14-7(9,10)11/h2H,1H3,(H,12,13). The van der Waals surface area contributed by atoms with Gasteiger partial charge in [-0.3, -0.25) is 9.78 Å². The number of aromatic amines is 1. The predicted octanol–water partition coefficient (Wildman–Crippen LogP) is 2.34. The van der Waals surface area contributed by atoms with E-state index in [4.69, 9.17) is 0 Å². The van der Waals surface area contributed by atoms with Gasteiger partial charge in [0.05, 0.1) is 0 Å². The van der Waals surface area contributed by atoms with Crippen molar-refractivity contribution in [2.24, 2.45) is 0 Å². The number of halogens is 4. The molecule has 3 nitrogen and oxygen atoms in total. The van der Waals surface area contributed by atoms with Gasteiger partial charge in [0.15, 0.2) is 0 Å². The summed E-state index contributed by atoms with van der Waals surface area (Å²) < 4.78 is 39.0. The normalized spacial score (nSPS) is 11.5. The Labute approximate surface area is 85.0 Å². The quantitative estimate of drug-likeness (QED) is 0.852.